The quantitative estimate of drug-likeness (QED) is 0.577. The summed E-state index contributed by atoms with van der Waals surface area (Å²) in [5, 5.41) is 3.46. The molecule has 0 amide bonds. The van der Waals surface area contributed by atoms with Crippen LogP contribution in [0, 0.1) is 0 Å². The van der Waals surface area contributed by atoms with Crippen LogP contribution < -0.4 is 5.32 Å². The van der Waals surface area contributed by atoms with Gasteiger partial charge in [-0.3, -0.25) is 0 Å². The molecule has 0 aromatic rings. The van der Waals surface area contributed by atoms with E-state index in [2.05, 4.69) is 19.2 Å². The van der Waals surface area contributed by atoms with Gasteiger partial charge in [0.05, 0.1) is 6.10 Å². The molecular weight excluding hydrogens is 198 g/mol. The number of hydrogen-bond donors (Lipinski definition) is 1. The van der Waals surface area contributed by atoms with E-state index >= 15 is 0 Å². The van der Waals surface area contributed by atoms with Gasteiger partial charge < -0.3 is 10.1 Å². The van der Waals surface area contributed by atoms with E-state index in [1.165, 1.54) is 51.4 Å². The average molecular weight is 227 g/mol. The maximum Gasteiger partial charge on any atom is 0.0604 e. The second kappa shape index (κ2) is 9.00. The lowest BCUT2D eigenvalue weighted by atomic mass is 9.89. The van der Waals surface area contributed by atoms with Crippen molar-refractivity contribution in [2.45, 2.75) is 77.4 Å². The highest BCUT2D eigenvalue weighted by Gasteiger charge is 2.28. The van der Waals surface area contributed by atoms with Gasteiger partial charge in [-0.05, 0) is 25.8 Å². The zero-order chi connectivity index (χ0) is 11.6. The molecule has 2 heteroatoms. The van der Waals surface area contributed by atoms with Crippen LogP contribution in [0.1, 0.15) is 65.2 Å². The summed E-state index contributed by atoms with van der Waals surface area (Å²) in [6.45, 7) is 6.51. The minimum atomic E-state index is 0.555. The highest BCUT2D eigenvalue weighted by Crippen LogP contribution is 2.23. The predicted molar refractivity (Wildman–Crippen MR) is 69.8 cm³/mol. The summed E-state index contributed by atoms with van der Waals surface area (Å²) in [5.74, 6) is 0. The first kappa shape index (κ1) is 14.0. The summed E-state index contributed by atoms with van der Waals surface area (Å²) in [4.78, 5) is 0. The van der Waals surface area contributed by atoms with Gasteiger partial charge in [0.1, 0.15) is 0 Å². The Morgan fingerprint density at radius 3 is 2.38 bits per heavy atom. The molecule has 1 N–H and O–H groups in total. The zero-order valence-corrected chi connectivity index (χ0v) is 11.1. The Morgan fingerprint density at radius 1 is 1.00 bits per heavy atom. The van der Waals surface area contributed by atoms with Crippen LogP contribution in [0.5, 0.6) is 0 Å². The molecule has 0 atom stereocenters. The first-order valence-corrected chi connectivity index (χ1v) is 7.21. The fraction of sp³-hybridized carbons (Fsp3) is 1.00. The van der Waals surface area contributed by atoms with E-state index in [1.807, 2.05) is 0 Å². The van der Waals surface area contributed by atoms with Crippen molar-refractivity contribution in [1.82, 2.24) is 5.32 Å². The summed E-state index contributed by atoms with van der Waals surface area (Å²) >= 11 is 0. The van der Waals surface area contributed by atoms with Gasteiger partial charge in [-0.25, -0.2) is 0 Å². The van der Waals surface area contributed by atoms with E-state index in [0.29, 0.717) is 6.10 Å². The Labute approximate surface area is 101 Å². The normalized spacial score (nSPS) is 24.4. The number of unbranched alkanes of at least 4 members (excludes halogenated alkanes) is 5. The molecule has 0 spiro atoms. The molecule has 0 saturated heterocycles. The lowest BCUT2D eigenvalue weighted by molar-refractivity contribution is -0.0174. The van der Waals surface area contributed by atoms with Crippen LogP contribution in [0.3, 0.4) is 0 Å². The molecule has 1 saturated carbocycles. The number of ether oxygens (including phenoxy) is 1. The smallest absolute Gasteiger partial charge is 0.0604 e. The lowest BCUT2D eigenvalue weighted by Gasteiger charge is -2.35. The first-order chi connectivity index (χ1) is 7.86. The highest BCUT2D eigenvalue weighted by atomic mass is 16.5. The number of nitrogens with one attached hydrogen (secondary N) is 1. The second-order valence-electron chi connectivity index (χ2n) is 4.99. The molecule has 0 aromatic heterocycles. The van der Waals surface area contributed by atoms with Crippen LogP contribution in [-0.4, -0.2) is 25.3 Å². The van der Waals surface area contributed by atoms with Crippen LogP contribution in [0.25, 0.3) is 0 Å². The minimum Gasteiger partial charge on any atom is -0.378 e. The van der Waals surface area contributed by atoms with Gasteiger partial charge in [0.2, 0.25) is 0 Å². The molecule has 0 aliphatic heterocycles. The van der Waals surface area contributed by atoms with E-state index in [9.17, 15) is 0 Å². The van der Waals surface area contributed by atoms with Crippen molar-refractivity contribution in [3.05, 3.63) is 0 Å². The molecule has 96 valence electrons. The molecule has 0 unspecified atom stereocenters. The molecule has 2 nitrogen and oxygen atoms in total. The number of hydrogen-bond acceptors (Lipinski definition) is 2. The predicted octanol–water partition coefficient (Wildman–Crippen LogP) is 3.50. The third-order valence-electron chi connectivity index (χ3n) is 3.44. The lowest BCUT2D eigenvalue weighted by Crippen LogP contribution is -2.45. The van der Waals surface area contributed by atoms with Crippen LogP contribution in [0.4, 0.5) is 0 Å². The fourth-order valence-corrected chi connectivity index (χ4v) is 2.29. The first-order valence-electron chi connectivity index (χ1n) is 7.21. The Balaban J connectivity index is 1.76. The Kier molecular flexibility index (Phi) is 7.87. The molecule has 1 fully saturated rings. The van der Waals surface area contributed by atoms with Gasteiger partial charge in [0, 0.05) is 12.6 Å². The van der Waals surface area contributed by atoms with E-state index in [-0.39, 0.29) is 0 Å². The zero-order valence-electron chi connectivity index (χ0n) is 11.1. The van der Waals surface area contributed by atoms with E-state index < -0.39 is 0 Å². The molecule has 0 aromatic carbocycles. The molecule has 0 bridgehead atoms. The van der Waals surface area contributed by atoms with Crippen molar-refractivity contribution in [1.29, 1.82) is 0 Å². The van der Waals surface area contributed by atoms with Gasteiger partial charge in [-0.15, -0.1) is 0 Å². The van der Waals surface area contributed by atoms with Crippen molar-refractivity contribution in [3.8, 4) is 0 Å². The average Bonchev–Trinajstić information content (AvgIpc) is 2.24. The molecule has 1 aliphatic rings. The van der Waals surface area contributed by atoms with E-state index in [1.54, 1.807) is 0 Å². The van der Waals surface area contributed by atoms with Gasteiger partial charge in [-0.2, -0.15) is 0 Å². The van der Waals surface area contributed by atoms with Crippen molar-refractivity contribution >= 4 is 0 Å². The Bertz CT molecular complexity index is 155. The summed E-state index contributed by atoms with van der Waals surface area (Å²) in [7, 11) is 0. The largest absolute Gasteiger partial charge is 0.378 e. The Hall–Kier alpha value is -0.0800. The van der Waals surface area contributed by atoms with Gasteiger partial charge in [0.15, 0.2) is 0 Å². The van der Waals surface area contributed by atoms with Gasteiger partial charge in [-0.1, -0.05) is 46.0 Å². The van der Waals surface area contributed by atoms with Crippen molar-refractivity contribution in [2.24, 2.45) is 0 Å². The highest BCUT2D eigenvalue weighted by molar-refractivity contribution is 4.85. The van der Waals surface area contributed by atoms with Gasteiger partial charge >= 0.3 is 0 Å². The molecule has 16 heavy (non-hydrogen) atoms. The van der Waals surface area contributed by atoms with Crippen LogP contribution in [0.15, 0.2) is 0 Å². The van der Waals surface area contributed by atoms with Crippen molar-refractivity contribution in [2.75, 3.05) is 13.2 Å². The fourth-order valence-electron chi connectivity index (χ4n) is 2.29. The Morgan fingerprint density at radius 2 is 1.69 bits per heavy atom. The second-order valence-corrected chi connectivity index (χ2v) is 4.99. The summed E-state index contributed by atoms with van der Waals surface area (Å²) in [6, 6.07) is 0.736. The molecule has 1 aliphatic carbocycles. The van der Waals surface area contributed by atoms with Crippen molar-refractivity contribution in [3.63, 3.8) is 0 Å². The molecular formula is C14H29NO. The number of rotatable bonds is 10. The third kappa shape index (κ3) is 5.86. The van der Waals surface area contributed by atoms with E-state index in [4.69, 9.17) is 4.74 Å². The molecule has 1 rings (SSSR count). The SMILES string of the molecule is CCCCCCCCOC1CC(NCC)C1. The summed E-state index contributed by atoms with van der Waals surface area (Å²) in [5.41, 5.74) is 0. The minimum absolute atomic E-state index is 0.555. The summed E-state index contributed by atoms with van der Waals surface area (Å²) in [6.07, 6.45) is 11.1. The van der Waals surface area contributed by atoms with E-state index in [0.717, 1.165) is 19.2 Å². The summed E-state index contributed by atoms with van der Waals surface area (Å²) < 4.78 is 5.82. The topological polar surface area (TPSA) is 21.3 Å². The maximum absolute atomic E-state index is 5.82. The van der Waals surface area contributed by atoms with Crippen LogP contribution in [0.2, 0.25) is 0 Å². The van der Waals surface area contributed by atoms with Crippen molar-refractivity contribution < 1.29 is 4.74 Å². The third-order valence-corrected chi connectivity index (χ3v) is 3.44. The maximum atomic E-state index is 5.82. The van der Waals surface area contributed by atoms with Crippen LogP contribution >= 0.6 is 0 Å². The monoisotopic (exact) mass is 227 g/mol. The standard InChI is InChI=1S/C14H29NO/c1-3-5-6-7-8-9-10-16-14-11-13(12-14)15-4-2/h13-15H,3-12H2,1-2H3. The van der Waals surface area contributed by atoms with Crippen LogP contribution in [-0.2, 0) is 4.74 Å². The molecule has 0 heterocycles. The van der Waals surface area contributed by atoms with Gasteiger partial charge in [0.25, 0.3) is 0 Å². The molecule has 0 radical (unpaired) electrons.